The minimum absolute atomic E-state index is 0.0299. The molecule has 0 bridgehead atoms. The van der Waals surface area contributed by atoms with Crippen LogP contribution >= 0.6 is 11.3 Å². The number of H-pyrrole nitrogens is 1. The van der Waals surface area contributed by atoms with Gasteiger partial charge >= 0.3 is 0 Å². The third kappa shape index (κ3) is 4.13. The van der Waals surface area contributed by atoms with E-state index in [0.29, 0.717) is 21.8 Å². The van der Waals surface area contributed by atoms with Crippen molar-refractivity contribution in [2.24, 2.45) is 5.73 Å². The van der Waals surface area contributed by atoms with Gasteiger partial charge in [0.1, 0.15) is 4.90 Å². The van der Waals surface area contributed by atoms with Crippen molar-refractivity contribution in [3.05, 3.63) is 30.3 Å². The first-order valence-electron chi connectivity index (χ1n) is 9.11. The number of nitrogens with two attached hydrogens (primary N) is 2. The standard InChI is InChI=1S/C17H18N8O4S3/c1-8(18)7-20-32(28,29)12-6-5-9(10-3-2-4-11-14(10)21-17(19)30-11)13(15(12)31(26)27)16-22-24-25-23-16/h2-6,8,20H,7,18H2,1H3,(H2,19,21)(H,26,27)(H,22,23,24,25)/t8-/m1/s1. The molecule has 0 spiro atoms. The summed E-state index contributed by atoms with van der Waals surface area (Å²) in [7, 11) is -4.18. The van der Waals surface area contributed by atoms with Crippen LogP contribution in [0, 0.1) is 0 Å². The highest BCUT2D eigenvalue weighted by molar-refractivity contribution is 7.90. The fraction of sp³-hybridized carbons (Fsp3) is 0.176. The Kier molecular flexibility index (Phi) is 6.02. The van der Waals surface area contributed by atoms with Gasteiger partial charge in [-0.15, -0.1) is 10.2 Å². The summed E-state index contributed by atoms with van der Waals surface area (Å²) in [5.74, 6) is -0.0538. The number of hydrogen-bond donors (Lipinski definition) is 5. The van der Waals surface area contributed by atoms with E-state index in [1.807, 2.05) is 6.07 Å². The van der Waals surface area contributed by atoms with Crippen LogP contribution in [0.1, 0.15) is 6.92 Å². The molecule has 4 aromatic rings. The first kappa shape index (κ1) is 22.4. The maximum Gasteiger partial charge on any atom is 0.241 e. The molecule has 15 heteroatoms. The predicted octanol–water partition coefficient (Wildman–Crippen LogP) is 0.932. The molecule has 2 aromatic heterocycles. The van der Waals surface area contributed by atoms with Crippen molar-refractivity contribution in [1.29, 1.82) is 0 Å². The lowest BCUT2D eigenvalue weighted by atomic mass is 9.98. The summed E-state index contributed by atoms with van der Waals surface area (Å²) in [6.07, 6.45) is 0. The number of nitrogen functional groups attached to an aromatic ring is 1. The molecular formula is C17H18N8O4S3. The number of fused-ring (bicyclic) bond motifs is 1. The Morgan fingerprint density at radius 1 is 1.28 bits per heavy atom. The number of aromatic nitrogens is 5. The van der Waals surface area contributed by atoms with E-state index in [1.165, 1.54) is 23.5 Å². The van der Waals surface area contributed by atoms with Crippen molar-refractivity contribution >= 4 is 47.8 Å². The second-order valence-electron chi connectivity index (χ2n) is 6.83. The molecule has 0 saturated carbocycles. The Balaban J connectivity index is 2.05. The molecule has 1 unspecified atom stereocenters. The summed E-state index contributed by atoms with van der Waals surface area (Å²) in [5, 5.41) is 14.0. The van der Waals surface area contributed by atoms with E-state index in [9.17, 15) is 17.2 Å². The molecule has 2 atom stereocenters. The Labute approximate surface area is 188 Å². The first-order chi connectivity index (χ1) is 15.2. The zero-order chi connectivity index (χ0) is 23.0. The number of benzene rings is 2. The van der Waals surface area contributed by atoms with E-state index < -0.39 is 32.0 Å². The molecule has 2 aromatic carbocycles. The van der Waals surface area contributed by atoms with E-state index in [-0.39, 0.29) is 22.8 Å². The summed E-state index contributed by atoms with van der Waals surface area (Å²) < 4.78 is 51.6. The monoisotopic (exact) mass is 494 g/mol. The first-order valence-corrected chi connectivity index (χ1v) is 12.5. The molecule has 0 fully saturated rings. The second kappa shape index (κ2) is 8.61. The van der Waals surface area contributed by atoms with Crippen molar-refractivity contribution in [2.45, 2.75) is 22.8 Å². The Morgan fingerprint density at radius 3 is 2.72 bits per heavy atom. The molecule has 0 radical (unpaired) electrons. The van der Waals surface area contributed by atoms with E-state index in [4.69, 9.17) is 11.5 Å². The molecule has 0 aliphatic rings. The fourth-order valence-corrected chi connectivity index (χ4v) is 6.32. The number of para-hydroxylation sites is 1. The largest absolute Gasteiger partial charge is 0.375 e. The van der Waals surface area contributed by atoms with Gasteiger partial charge in [-0.05, 0) is 29.8 Å². The van der Waals surface area contributed by atoms with Crippen LogP contribution in [0.5, 0.6) is 0 Å². The lowest BCUT2D eigenvalue weighted by Crippen LogP contribution is -2.35. The van der Waals surface area contributed by atoms with Gasteiger partial charge in [0.05, 0.1) is 20.7 Å². The van der Waals surface area contributed by atoms with Gasteiger partial charge in [-0.2, -0.15) is 5.21 Å². The van der Waals surface area contributed by atoms with Gasteiger partial charge in [-0.1, -0.05) is 29.5 Å². The molecule has 4 rings (SSSR count). The van der Waals surface area contributed by atoms with Crippen LogP contribution in [0.3, 0.4) is 0 Å². The van der Waals surface area contributed by atoms with Crippen LogP contribution in [0.25, 0.3) is 32.7 Å². The number of sulfonamides is 1. The topological polar surface area (TPSA) is 203 Å². The highest BCUT2D eigenvalue weighted by atomic mass is 32.2. The molecule has 7 N–H and O–H groups in total. The smallest absolute Gasteiger partial charge is 0.241 e. The van der Waals surface area contributed by atoms with Crippen molar-refractivity contribution in [3.63, 3.8) is 0 Å². The molecule has 0 aliphatic heterocycles. The van der Waals surface area contributed by atoms with E-state index in [0.717, 1.165) is 4.70 Å². The summed E-state index contributed by atoms with van der Waals surface area (Å²) >= 11 is -1.44. The van der Waals surface area contributed by atoms with Crippen LogP contribution in [0.2, 0.25) is 0 Å². The van der Waals surface area contributed by atoms with Gasteiger partial charge in [-0.25, -0.2) is 22.3 Å². The van der Waals surface area contributed by atoms with Crippen LogP contribution in [0.15, 0.2) is 40.1 Å². The molecule has 168 valence electrons. The van der Waals surface area contributed by atoms with Gasteiger partial charge in [0, 0.05) is 18.2 Å². The number of aromatic amines is 1. The van der Waals surface area contributed by atoms with Crippen LogP contribution < -0.4 is 16.2 Å². The number of anilines is 1. The van der Waals surface area contributed by atoms with Gasteiger partial charge < -0.3 is 16.0 Å². The Hall–Kier alpha value is -2.82. The summed E-state index contributed by atoms with van der Waals surface area (Å²) in [6, 6.07) is 7.65. The summed E-state index contributed by atoms with van der Waals surface area (Å²) in [4.78, 5) is 3.57. The van der Waals surface area contributed by atoms with Crippen molar-refractivity contribution in [1.82, 2.24) is 30.3 Å². The minimum atomic E-state index is -4.18. The van der Waals surface area contributed by atoms with Crippen molar-refractivity contribution < 1.29 is 17.2 Å². The Morgan fingerprint density at radius 2 is 2.06 bits per heavy atom. The number of rotatable bonds is 7. The number of tetrazole rings is 1. The SMILES string of the molecule is C[C@@H](N)CNS(=O)(=O)c1ccc(-c2cccc3sc(N)nc23)c(-c2nn[nH]n2)c1S(=O)O. The van der Waals surface area contributed by atoms with Crippen LogP contribution in [-0.2, 0) is 21.1 Å². The maximum atomic E-state index is 12.9. The molecule has 0 aliphatic carbocycles. The number of thiazole rings is 1. The molecule has 32 heavy (non-hydrogen) atoms. The molecular weight excluding hydrogens is 476 g/mol. The average molecular weight is 495 g/mol. The lowest BCUT2D eigenvalue weighted by molar-refractivity contribution is 0.554. The number of nitrogens with one attached hydrogen (secondary N) is 2. The third-order valence-electron chi connectivity index (χ3n) is 4.48. The zero-order valence-corrected chi connectivity index (χ0v) is 19.0. The van der Waals surface area contributed by atoms with Crippen LogP contribution in [0.4, 0.5) is 5.13 Å². The summed E-state index contributed by atoms with van der Waals surface area (Å²) in [5.41, 5.74) is 13.1. The molecule has 0 amide bonds. The van der Waals surface area contributed by atoms with E-state index >= 15 is 0 Å². The second-order valence-corrected chi connectivity index (χ2v) is 10.5. The molecule has 12 nitrogen and oxygen atoms in total. The van der Waals surface area contributed by atoms with E-state index in [2.05, 4.69) is 30.3 Å². The molecule has 0 saturated heterocycles. The Bertz CT molecular complexity index is 1420. The van der Waals surface area contributed by atoms with Crippen molar-refractivity contribution in [3.8, 4) is 22.5 Å². The van der Waals surface area contributed by atoms with Gasteiger partial charge in [0.25, 0.3) is 0 Å². The maximum absolute atomic E-state index is 12.9. The summed E-state index contributed by atoms with van der Waals surface area (Å²) in [6.45, 7) is 1.57. The van der Waals surface area contributed by atoms with Crippen molar-refractivity contribution in [2.75, 3.05) is 12.3 Å². The van der Waals surface area contributed by atoms with Crippen LogP contribution in [-0.4, -0.2) is 55.4 Å². The average Bonchev–Trinajstić information content (AvgIpc) is 3.39. The van der Waals surface area contributed by atoms with Gasteiger partial charge in [0.2, 0.25) is 15.8 Å². The predicted molar refractivity (Wildman–Crippen MR) is 121 cm³/mol. The van der Waals surface area contributed by atoms with E-state index in [1.54, 1.807) is 19.1 Å². The lowest BCUT2D eigenvalue weighted by Gasteiger charge is -2.16. The molecule has 2 heterocycles. The number of hydrogen-bond acceptors (Lipinski definition) is 10. The van der Waals surface area contributed by atoms with Gasteiger partial charge in [0.15, 0.2) is 16.2 Å². The fourth-order valence-electron chi connectivity index (χ4n) is 3.16. The minimum Gasteiger partial charge on any atom is -0.375 e. The third-order valence-corrected chi connectivity index (χ3v) is 7.69. The van der Waals surface area contributed by atoms with Gasteiger partial charge in [-0.3, -0.25) is 0 Å². The normalized spacial score (nSPS) is 14.0. The highest BCUT2D eigenvalue weighted by Crippen LogP contribution is 2.41. The highest BCUT2D eigenvalue weighted by Gasteiger charge is 2.30. The zero-order valence-electron chi connectivity index (χ0n) is 16.5. The quantitative estimate of drug-likeness (QED) is 0.230. The number of nitrogens with zero attached hydrogens (tertiary/aromatic N) is 4.